The first-order valence-electron chi connectivity index (χ1n) is 6.51. The van der Waals surface area contributed by atoms with E-state index in [4.69, 9.17) is 0 Å². The zero-order valence-corrected chi connectivity index (χ0v) is 10.7. The summed E-state index contributed by atoms with van der Waals surface area (Å²) in [5, 5.41) is 0. The molecule has 0 amide bonds. The molecule has 18 heavy (non-hydrogen) atoms. The van der Waals surface area contributed by atoms with Gasteiger partial charge in [-0.2, -0.15) is 0 Å². The molecule has 1 aliphatic rings. The number of aromatic amines is 1. The molecule has 2 aromatic rings. The largest absolute Gasteiger partial charge is 0.348 e. The number of likely N-dealkylation sites (tertiary alicyclic amines) is 1. The molecule has 1 aliphatic heterocycles. The van der Waals surface area contributed by atoms with Crippen LogP contribution in [0.4, 0.5) is 0 Å². The number of nitrogens with zero attached hydrogens (tertiary/aromatic N) is 4. The number of rotatable bonds is 3. The highest BCUT2D eigenvalue weighted by Gasteiger charge is 2.27. The lowest BCUT2D eigenvalue weighted by Gasteiger charge is -2.37. The number of imidazole rings is 2. The fourth-order valence-electron chi connectivity index (χ4n) is 2.71. The molecule has 96 valence electrons. The molecule has 5 heteroatoms. The maximum absolute atomic E-state index is 4.30. The Morgan fingerprint density at radius 2 is 2.39 bits per heavy atom. The topological polar surface area (TPSA) is 49.7 Å². The van der Waals surface area contributed by atoms with Crippen LogP contribution >= 0.6 is 0 Å². The molecule has 2 aromatic heterocycles. The van der Waals surface area contributed by atoms with E-state index in [9.17, 15) is 0 Å². The van der Waals surface area contributed by atoms with E-state index in [-0.39, 0.29) is 0 Å². The van der Waals surface area contributed by atoms with Crippen LogP contribution in [0, 0.1) is 5.92 Å². The molecule has 2 atom stereocenters. The van der Waals surface area contributed by atoms with E-state index in [1.165, 1.54) is 6.42 Å². The van der Waals surface area contributed by atoms with Crippen molar-refractivity contribution in [3.8, 4) is 0 Å². The molecule has 0 radical (unpaired) electrons. The molecule has 0 spiro atoms. The first kappa shape index (κ1) is 11.5. The van der Waals surface area contributed by atoms with Crippen LogP contribution in [0.2, 0.25) is 0 Å². The van der Waals surface area contributed by atoms with Crippen molar-refractivity contribution in [2.24, 2.45) is 5.92 Å². The Morgan fingerprint density at radius 1 is 1.44 bits per heavy atom. The number of H-pyrrole nitrogens is 1. The fourth-order valence-corrected chi connectivity index (χ4v) is 2.71. The molecule has 3 rings (SSSR count). The van der Waals surface area contributed by atoms with Crippen molar-refractivity contribution in [3.63, 3.8) is 0 Å². The van der Waals surface area contributed by atoms with E-state index >= 15 is 0 Å². The molecule has 1 saturated heterocycles. The van der Waals surface area contributed by atoms with E-state index in [2.05, 4.69) is 37.5 Å². The van der Waals surface area contributed by atoms with Crippen LogP contribution in [-0.4, -0.2) is 37.5 Å². The smallest absolute Gasteiger partial charge is 0.120 e. The van der Waals surface area contributed by atoms with Gasteiger partial charge in [0.2, 0.25) is 0 Å². The number of aromatic nitrogens is 4. The van der Waals surface area contributed by atoms with Crippen molar-refractivity contribution in [3.05, 3.63) is 36.9 Å². The van der Waals surface area contributed by atoms with Gasteiger partial charge >= 0.3 is 0 Å². The lowest BCUT2D eigenvalue weighted by molar-refractivity contribution is 0.124. The van der Waals surface area contributed by atoms with Crippen molar-refractivity contribution in [1.29, 1.82) is 0 Å². The second-order valence-corrected chi connectivity index (χ2v) is 5.11. The third-order valence-corrected chi connectivity index (χ3v) is 3.84. The van der Waals surface area contributed by atoms with E-state index in [1.807, 2.05) is 24.9 Å². The third-order valence-electron chi connectivity index (χ3n) is 3.84. The summed E-state index contributed by atoms with van der Waals surface area (Å²) in [6, 6.07) is 0.524. The van der Waals surface area contributed by atoms with Gasteiger partial charge in [-0.3, -0.25) is 4.90 Å². The zero-order valence-electron chi connectivity index (χ0n) is 10.7. The predicted octanol–water partition coefficient (Wildman–Crippen LogP) is 1.69. The highest BCUT2D eigenvalue weighted by atomic mass is 15.2. The SMILES string of the molecule is C[C@H]1CCN(Cc2ncc[nH]2)C[C@@H]1n1ccnc1. The lowest BCUT2D eigenvalue weighted by atomic mass is 9.93. The van der Waals surface area contributed by atoms with Crippen molar-refractivity contribution >= 4 is 0 Å². The van der Waals surface area contributed by atoms with Gasteiger partial charge in [-0.25, -0.2) is 9.97 Å². The Hall–Kier alpha value is -1.62. The van der Waals surface area contributed by atoms with Crippen molar-refractivity contribution in [1.82, 2.24) is 24.4 Å². The van der Waals surface area contributed by atoms with Crippen LogP contribution in [0.5, 0.6) is 0 Å². The second kappa shape index (κ2) is 4.94. The summed E-state index contributed by atoms with van der Waals surface area (Å²) in [5.74, 6) is 1.75. The summed E-state index contributed by atoms with van der Waals surface area (Å²) >= 11 is 0. The minimum absolute atomic E-state index is 0.524. The maximum Gasteiger partial charge on any atom is 0.120 e. The fraction of sp³-hybridized carbons (Fsp3) is 0.538. The quantitative estimate of drug-likeness (QED) is 0.895. The maximum atomic E-state index is 4.30. The van der Waals surface area contributed by atoms with Crippen molar-refractivity contribution in [2.45, 2.75) is 25.9 Å². The van der Waals surface area contributed by atoms with Gasteiger partial charge in [0, 0.05) is 37.4 Å². The van der Waals surface area contributed by atoms with E-state index in [0.717, 1.165) is 25.5 Å². The molecule has 3 heterocycles. The molecular weight excluding hydrogens is 226 g/mol. The average molecular weight is 245 g/mol. The Labute approximate surface area is 107 Å². The summed E-state index contributed by atoms with van der Waals surface area (Å²) in [4.78, 5) is 14.1. The number of hydrogen-bond donors (Lipinski definition) is 1. The molecule has 0 saturated carbocycles. The van der Waals surface area contributed by atoms with Crippen molar-refractivity contribution < 1.29 is 0 Å². The average Bonchev–Trinajstić information content (AvgIpc) is 3.04. The minimum Gasteiger partial charge on any atom is -0.348 e. The second-order valence-electron chi connectivity index (χ2n) is 5.11. The van der Waals surface area contributed by atoms with Gasteiger partial charge in [0.1, 0.15) is 5.82 Å². The van der Waals surface area contributed by atoms with Crippen LogP contribution in [0.25, 0.3) is 0 Å². The summed E-state index contributed by atoms with van der Waals surface area (Å²) in [6.45, 7) is 5.45. The van der Waals surface area contributed by atoms with E-state index < -0.39 is 0 Å². The molecular formula is C13H19N5. The monoisotopic (exact) mass is 245 g/mol. The van der Waals surface area contributed by atoms with Gasteiger partial charge in [-0.1, -0.05) is 6.92 Å². The van der Waals surface area contributed by atoms with E-state index in [1.54, 1.807) is 0 Å². The molecule has 5 nitrogen and oxygen atoms in total. The number of nitrogens with one attached hydrogen (secondary N) is 1. The minimum atomic E-state index is 0.524. The Bertz CT molecular complexity index is 462. The van der Waals surface area contributed by atoms with Crippen LogP contribution in [0.1, 0.15) is 25.2 Å². The first-order chi connectivity index (χ1) is 8.83. The summed E-state index contributed by atoms with van der Waals surface area (Å²) < 4.78 is 2.24. The normalized spacial score (nSPS) is 25.4. The molecule has 1 N–H and O–H groups in total. The Balaban J connectivity index is 1.68. The Kier molecular flexibility index (Phi) is 3.15. The number of piperidine rings is 1. The molecule has 0 bridgehead atoms. The van der Waals surface area contributed by atoms with Gasteiger partial charge in [-0.05, 0) is 18.9 Å². The molecule has 0 aromatic carbocycles. The highest BCUT2D eigenvalue weighted by Crippen LogP contribution is 2.27. The van der Waals surface area contributed by atoms with Gasteiger partial charge in [-0.15, -0.1) is 0 Å². The number of hydrogen-bond acceptors (Lipinski definition) is 3. The molecule has 0 aliphatic carbocycles. The van der Waals surface area contributed by atoms with Crippen LogP contribution in [-0.2, 0) is 6.54 Å². The predicted molar refractivity (Wildman–Crippen MR) is 68.9 cm³/mol. The lowest BCUT2D eigenvalue weighted by Crippen LogP contribution is -2.40. The molecule has 0 unspecified atom stereocenters. The first-order valence-corrected chi connectivity index (χ1v) is 6.51. The summed E-state index contributed by atoms with van der Waals surface area (Å²) in [5.41, 5.74) is 0. The molecule has 1 fully saturated rings. The van der Waals surface area contributed by atoms with Gasteiger partial charge in [0.05, 0.1) is 12.9 Å². The zero-order chi connectivity index (χ0) is 12.4. The highest BCUT2D eigenvalue weighted by molar-refractivity contribution is 4.92. The summed E-state index contributed by atoms with van der Waals surface area (Å²) in [6.07, 6.45) is 10.8. The third kappa shape index (κ3) is 2.31. The van der Waals surface area contributed by atoms with Crippen LogP contribution < -0.4 is 0 Å². The van der Waals surface area contributed by atoms with Gasteiger partial charge in [0.15, 0.2) is 0 Å². The van der Waals surface area contributed by atoms with Gasteiger partial charge < -0.3 is 9.55 Å². The summed E-state index contributed by atoms with van der Waals surface area (Å²) in [7, 11) is 0. The van der Waals surface area contributed by atoms with Crippen molar-refractivity contribution in [2.75, 3.05) is 13.1 Å². The van der Waals surface area contributed by atoms with E-state index in [0.29, 0.717) is 12.0 Å². The standard InChI is InChI=1S/C13H19N5/c1-11-2-6-17(9-13-15-3-4-16-13)8-12(11)18-7-5-14-10-18/h3-5,7,10-12H,2,6,8-9H2,1H3,(H,15,16)/t11-,12-/m0/s1. The van der Waals surface area contributed by atoms with Crippen LogP contribution in [0.15, 0.2) is 31.1 Å². The van der Waals surface area contributed by atoms with Crippen LogP contribution in [0.3, 0.4) is 0 Å². The van der Waals surface area contributed by atoms with Gasteiger partial charge in [0.25, 0.3) is 0 Å². The Morgan fingerprint density at radius 3 is 3.11 bits per heavy atom.